The molecule has 0 aromatic heterocycles. The number of nitrogens with zero attached hydrogens (tertiary/aromatic N) is 1. The van der Waals surface area contributed by atoms with Crippen molar-refractivity contribution < 1.29 is 17.9 Å². The highest BCUT2D eigenvalue weighted by Gasteiger charge is 2.37. The Labute approximate surface area is 200 Å². The molecule has 172 valence electrons. The van der Waals surface area contributed by atoms with Crippen molar-refractivity contribution in [3.05, 3.63) is 126 Å². The van der Waals surface area contributed by atoms with Gasteiger partial charge in [0.05, 0.1) is 23.1 Å². The highest BCUT2D eigenvalue weighted by atomic mass is 32.2. The molecule has 0 heterocycles. The lowest BCUT2D eigenvalue weighted by Gasteiger charge is -2.28. The van der Waals surface area contributed by atoms with Gasteiger partial charge < -0.3 is 4.74 Å². The zero-order valence-electron chi connectivity index (χ0n) is 18.7. The van der Waals surface area contributed by atoms with Crippen LogP contribution in [0.25, 0.3) is 0 Å². The van der Waals surface area contributed by atoms with Gasteiger partial charge >= 0.3 is 0 Å². The summed E-state index contributed by atoms with van der Waals surface area (Å²) in [6.45, 7) is 2.35. The highest BCUT2D eigenvalue weighted by Crippen LogP contribution is 2.33. The van der Waals surface area contributed by atoms with Crippen molar-refractivity contribution >= 4 is 21.6 Å². The van der Waals surface area contributed by atoms with Crippen molar-refractivity contribution in [1.29, 1.82) is 0 Å². The van der Waals surface area contributed by atoms with E-state index in [1.807, 2.05) is 67.6 Å². The topological polar surface area (TPSA) is 63.7 Å². The van der Waals surface area contributed by atoms with Crippen LogP contribution in [0.5, 0.6) is 5.75 Å². The zero-order chi connectivity index (χ0) is 24.0. The van der Waals surface area contributed by atoms with Gasteiger partial charge in [-0.3, -0.25) is 4.79 Å². The number of hydrogen-bond donors (Lipinski definition) is 0. The first kappa shape index (κ1) is 23.3. The number of anilines is 1. The fourth-order valence-corrected chi connectivity index (χ4v) is 5.27. The van der Waals surface area contributed by atoms with Gasteiger partial charge in [-0.25, -0.2) is 12.7 Å². The Morgan fingerprint density at radius 2 is 1.21 bits per heavy atom. The second-order valence-corrected chi connectivity index (χ2v) is 9.39. The summed E-state index contributed by atoms with van der Waals surface area (Å²) in [5.74, 6) is -0.781. The molecule has 0 spiro atoms. The fraction of sp³-hybridized carbons (Fsp3) is 0.107. The minimum absolute atomic E-state index is 0.0390. The number of benzene rings is 4. The molecule has 4 aromatic carbocycles. The van der Waals surface area contributed by atoms with Crippen molar-refractivity contribution in [1.82, 2.24) is 0 Å². The number of sulfonamides is 1. The summed E-state index contributed by atoms with van der Waals surface area (Å²) in [4.78, 5) is 14.2. The van der Waals surface area contributed by atoms with E-state index in [1.54, 1.807) is 42.5 Å². The minimum Gasteiger partial charge on any atom is -0.494 e. The molecule has 0 fully saturated rings. The van der Waals surface area contributed by atoms with Crippen LogP contribution in [-0.2, 0) is 14.8 Å². The molecule has 5 nitrogen and oxygen atoms in total. The maximum absolute atomic E-state index is 14.2. The smallest absolute Gasteiger partial charge is 0.270 e. The molecule has 0 aliphatic heterocycles. The van der Waals surface area contributed by atoms with Gasteiger partial charge in [-0.15, -0.1) is 0 Å². The molecular formula is C28H25NO4S. The molecule has 0 bridgehead atoms. The first-order valence-electron chi connectivity index (χ1n) is 11.0. The summed E-state index contributed by atoms with van der Waals surface area (Å²) in [5, 5.41) is 0. The first-order chi connectivity index (χ1) is 16.5. The first-order valence-corrected chi connectivity index (χ1v) is 12.4. The van der Waals surface area contributed by atoms with Gasteiger partial charge in [0.1, 0.15) is 5.75 Å². The maximum Gasteiger partial charge on any atom is 0.270 e. The Morgan fingerprint density at radius 3 is 1.68 bits per heavy atom. The standard InChI is InChI=1S/C28H25NO4S/c1-2-33-25-20-18-24(19-21-25)29(34(31,32)26-16-10-5-11-17-26)28(30)27(22-12-6-3-7-13-22)23-14-8-4-9-15-23/h3-21,27H,2H2,1H3. The van der Waals surface area contributed by atoms with Crippen LogP contribution in [0.15, 0.2) is 120 Å². The second kappa shape index (κ2) is 10.4. The predicted octanol–water partition coefficient (Wildman–Crippen LogP) is 5.64. The van der Waals surface area contributed by atoms with Gasteiger partial charge in [-0.05, 0) is 54.4 Å². The number of rotatable bonds is 8. The van der Waals surface area contributed by atoms with Gasteiger partial charge in [-0.2, -0.15) is 0 Å². The third-order valence-corrected chi connectivity index (χ3v) is 7.12. The molecule has 34 heavy (non-hydrogen) atoms. The molecule has 0 aliphatic rings. The number of amides is 1. The monoisotopic (exact) mass is 471 g/mol. The normalized spacial score (nSPS) is 11.2. The lowest BCUT2D eigenvalue weighted by Crippen LogP contribution is -2.40. The van der Waals surface area contributed by atoms with E-state index in [2.05, 4.69) is 0 Å². The quantitative estimate of drug-likeness (QED) is 0.334. The van der Waals surface area contributed by atoms with E-state index in [9.17, 15) is 13.2 Å². The number of carbonyl (C=O) groups excluding carboxylic acids is 1. The largest absolute Gasteiger partial charge is 0.494 e. The van der Waals surface area contributed by atoms with E-state index < -0.39 is 21.8 Å². The molecule has 0 N–H and O–H groups in total. The van der Waals surface area contributed by atoms with Crippen LogP contribution in [-0.4, -0.2) is 20.9 Å². The molecule has 4 aromatic rings. The summed E-state index contributed by atoms with van der Waals surface area (Å²) < 4.78 is 34.1. The van der Waals surface area contributed by atoms with Crippen LogP contribution >= 0.6 is 0 Å². The Balaban J connectivity index is 1.88. The molecule has 0 radical (unpaired) electrons. The molecule has 0 saturated carbocycles. The Morgan fingerprint density at radius 1 is 0.735 bits per heavy atom. The molecule has 0 aliphatic carbocycles. The van der Waals surface area contributed by atoms with Crippen molar-refractivity contribution in [2.24, 2.45) is 0 Å². The van der Waals surface area contributed by atoms with Crippen molar-refractivity contribution in [3.8, 4) is 5.75 Å². The van der Waals surface area contributed by atoms with Gasteiger partial charge in [-0.1, -0.05) is 78.9 Å². The van der Waals surface area contributed by atoms with Crippen LogP contribution < -0.4 is 9.04 Å². The molecule has 0 unspecified atom stereocenters. The average molecular weight is 472 g/mol. The molecule has 1 amide bonds. The lowest BCUT2D eigenvalue weighted by atomic mass is 9.90. The van der Waals surface area contributed by atoms with Crippen molar-refractivity contribution in [3.63, 3.8) is 0 Å². The summed E-state index contributed by atoms with van der Waals surface area (Å²) in [5.41, 5.74) is 1.66. The van der Waals surface area contributed by atoms with Gasteiger partial charge in [0.2, 0.25) is 0 Å². The van der Waals surface area contributed by atoms with E-state index in [0.717, 1.165) is 4.31 Å². The summed E-state index contributed by atoms with van der Waals surface area (Å²) in [6, 6.07) is 32.9. The van der Waals surface area contributed by atoms with Gasteiger partial charge in [0.25, 0.3) is 15.9 Å². The Hall–Kier alpha value is -3.90. The second-order valence-electron chi connectivity index (χ2n) is 7.60. The SMILES string of the molecule is CCOc1ccc(N(C(=O)C(c2ccccc2)c2ccccc2)S(=O)(=O)c2ccccc2)cc1. The van der Waals surface area contributed by atoms with Crippen LogP contribution in [0.4, 0.5) is 5.69 Å². The number of ether oxygens (including phenoxy) is 1. The molecule has 0 saturated heterocycles. The predicted molar refractivity (Wildman–Crippen MR) is 133 cm³/mol. The molecule has 0 atom stereocenters. The maximum atomic E-state index is 14.2. The van der Waals surface area contributed by atoms with Crippen molar-refractivity contribution in [2.45, 2.75) is 17.7 Å². The van der Waals surface area contributed by atoms with Gasteiger partial charge in [0.15, 0.2) is 0 Å². The van der Waals surface area contributed by atoms with Crippen LogP contribution in [0.2, 0.25) is 0 Å². The van der Waals surface area contributed by atoms with Crippen LogP contribution in [0.1, 0.15) is 24.0 Å². The van der Waals surface area contributed by atoms with E-state index in [-0.39, 0.29) is 10.6 Å². The minimum atomic E-state index is -4.20. The van der Waals surface area contributed by atoms with E-state index >= 15 is 0 Å². The number of hydrogen-bond acceptors (Lipinski definition) is 4. The van der Waals surface area contributed by atoms with Crippen LogP contribution in [0, 0.1) is 0 Å². The van der Waals surface area contributed by atoms with Crippen molar-refractivity contribution in [2.75, 3.05) is 10.9 Å². The van der Waals surface area contributed by atoms with E-state index in [4.69, 9.17) is 4.74 Å². The lowest BCUT2D eigenvalue weighted by molar-refractivity contribution is -0.118. The van der Waals surface area contributed by atoms with E-state index in [1.165, 1.54) is 12.1 Å². The zero-order valence-corrected chi connectivity index (χ0v) is 19.6. The Bertz CT molecular complexity index is 1280. The molecule has 6 heteroatoms. The van der Waals surface area contributed by atoms with Gasteiger partial charge in [0, 0.05) is 0 Å². The van der Waals surface area contributed by atoms with E-state index in [0.29, 0.717) is 23.5 Å². The molecular weight excluding hydrogens is 446 g/mol. The number of carbonyl (C=O) groups is 1. The fourth-order valence-electron chi connectivity index (χ4n) is 3.81. The summed E-state index contributed by atoms with van der Waals surface area (Å²) in [6.07, 6.45) is 0. The highest BCUT2D eigenvalue weighted by molar-refractivity contribution is 7.93. The Kier molecular flexibility index (Phi) is 7.09. The third-order valence-electron chi connectivity index (χ3n) is 5.38. The third kappa shape index (κ3) is 4.87. The summed E-state index contributed by atoms with van der Waals surface area (Å²) in [7, 11) is -4.20. The average Bonchev–Trinajstić information content (AvgIpc) is 2.87. The van der Waals surface area contributed by atoms with Crippen LogP contribution in [0.3, 0.4) is 0 Å². The summed E-state index contributed by atoms with van der Waals surface area (Å²) >= 11 is 0. The molecule has 4 rings (SSSR count).